The highest BCUT2D eigenvalue weighted by Crippen LogP contribution is 2.39. The molecule has 22 fully saturated rings. The molecule has 14 bridgehead atoms. The van der Waals surface area contributed by atoms with Gasteiger partial charge in [0.15, 0.2) is 44.0 Å². The first-order valence-electron chi connectivity index (χ1n) is 32.6. The Bertz CT molecular complexity index is 2570. The second-order valence-corrected chi connectivity index (χ2v) is 26.5. The van der Waals surface area contributed by atoms with Gasteiger partial charge in [-0.15, -0.1) is 0 Å². The SMILES string of the molecule is CN(CCOc1ccc(CC2SC(=O)NC2=O)cc1)c1ccccn1.OC[C@H]1O[C@@H]2O[C@H]3[C@H](O)[C@@H](O)[C@@H](O[C@H]4[C@H](O)[C@@H](O)[C@@H](O[C@H]5[C@H](O)[C@@H](O)[C@@H](O[C@H]6[C@H](O)[C@@H](O)[C@@H](O[C@H]7[C@H](O)[C@@H](O)[C@@H](O[C@H]8[C@H](O)[C@@H](O)[C@@H](O[C@H]1[C@H](O)[C@H]2O)O[C@@H]8CO)O[C@@H]7CO)O[C@@H]6CO)O[C@@H]5CO)O[C@@H]4CO)O[C@@H]3CO. The van der Waals surface area contributed by atoms with Crippen molar-refractivity contribution in [2.45, 2.75) is 227 Å². The zero-order valence-electron chi connectivity index (χ0n) is 54.1. The van der Waals surface area contributed by atoms with E-state index < -0.39 is 261 Å². The Hall–Kier alpha value is -3.94. The van der Waals surface area contributed by atoms with Crippen LogP contribution < -0.4 is 15.0 Å². The van der Waals surface area contributed by atoms with Gasteiger partial charge < -0.3 is 183 Å². The van der Waals surface area contributed by atoms with Crippen LogP contribution >= 0.6 is 11.8 Å². The molecule has 22 N–H and O–H groups in total. The first kappa shape index (κ1) is 80.6. The van der Waals surface area contributed by atoms with Crippen LogP contribution in [-0.4, -0.2) is 410 Å². The fourth-order valence-electron chi connectivity index (χ4n) is 12.9. The number of thioether (sulfide) groups is 1. The van der Waals surface area contributed by atoms with Crippen molar-refractivity contribution in [3.63, 3.8) is 0 Å². The summed E-state index contributed by atoms with van der Waals surface area (Å²) in [5, 5.41) is 232. The summed E-state index contributed by atoms with van der Waals surface area (Å²) in [5.74, 6) is 1.47. The Morgan fingerprint density at radius 2 is 0.667 bits per heavy atom. The van der Waals surface area contributed by atoms with Crippen LogP contribution in [0.3, 0.4) is 0 Å². The van der Waals surface area contributed by atoms with E-state index in [0.717, 1.165) is 35.4 Å². The maximum atomic E-state index is 11.6. The lowest BCUT2D eigenvalue weighted by molar-refractivity contribution is -0.396. The molecule has 0 aliphatic carbocycles. The van der Waals surface area contributed by atoms with Crippen molar-refractivity contribution in [1.29, 1.82) is 0 Å². The molecule has 578 valence electrons. The van der Waals surface area contributed by atoms with E-state index in [0.29, 0.717) is 13.0 Å². The van der Waals surface area contributed by atoms with E-state index in [1.54, 1.807) is 6.20 Å². The van der Waals surface area contributed by atoms with Crippen LogP contribution in [0.1, 0.15) is 5.56 Å². The molecule has 2 amide bonds. The Labute approximate surface area is 583 Å². The molecule has 1 aromatic heterocycles. The third-order valence-corrected chi connectivity index (χ3v) is 19.6. The van der Waals surface area contributed by atoms with E-state index in [-0.39, 0.29) is 16.4 Å². The van der Waals surface area contributed by atoms with E-state index in [4.69, 9.17) is 71.1 Å². The molecule has 0 saturated carbocycles. The number of anilines is 1. The molecule has 1 unspecified atom stereocenters. The van der Waals surface area contributed by atoms with Crippen LogP contribution in [0, 0.1) is 0 Å². The average Bonchev–Trinajstić information content (AvgIpc) is 0.856. The molecule has 0 radical (unpaired) electrons. The van der Waals surface area contributed by atoms with E-state index in [1.807, 2.05) is 54.4 Å². The first-order chi connectivity index (χ1) is 48.8. The van der Waals surface area contributed by atoms with Gasteiger partial charge in [0.05, 0.1) is 58.0 Å². The Kier molecular flexibility index (Phi) is 28.3. The Morgan fingerprint density at radius 1 is 0.392 bits per heavy atom. The first-order valence-corrected chi connectivity index (χ1v) is 33.5. The number of pyridine rings is 1. The summed E-state index contributed by atoms with van der Waals surface area (Å²) in [4.78, 5) is 29.1. The second-order valence-electron chi connectivity index (χ2n) is 25.3. The highest BCUT2D eigenvalue weighted by Gasteiger charge is 2.60. The molecule has 36 atom stereocenters. The molecule has 22 saturated heterocycles. The van der Waals surface area contributed by atoms with Crippen molar-refractivity contribution in [3.8, 4) is 5.75 Å². The normalized spacial score (nSPS) is 45.9. The number of aliphatic hydroxyl groups is 21. The number of hydrogen-bond donors (Lipinski definition) is 22. The lowest BCUT2D eigenvalue weighted by Crippen LogP contribution is -2.68. The Balaban J connectivity index is 0.000000374. The minimum absolute atomic E-state index is 0.215. The van der Waals surface area contributed by atoms with Crippen molar-refractivity contribution in [1.82, 2.24) is 10.3 Å². The summed E-state index contributed by atoms with van der Waals surface area (Å²) in [7, 11) is 1.97. The number of carbonyl (C=O) groups excluding carboxylic acids is 2. The summed E-state index contributed by atoms with van der Waals surface area (Å²) in [6, 6.07) is 13.4. The van der Waals surface area contributed by atoms with Crippen LogP contribution in [0.4, 0.5) is 10.6 Å². The van der Waals surface area contributed by atoms with E-state index in [9.17, 15) is 117 Å². The second kappa shape index (κ2) is 35.8. The number of carbonyl (C=O) groups is 2. The van der Waals surface area contributed by atoms with Crippen LogP contribution in [0.5, 0.6) is 5.75 Å². The third-order valence-electron chi connectivity index (χ3n) is 18.6. The van der Waals surface area contributed by atoms with Crippen LogP contribution in [0.25, 0.3) is 0 Å². The van der Waals surface area contributed by atoms with Gasteiger partial charge in [-0.3, -0.25) is 14.9 Å². The van der Waals surface area contributed by atoms with Crippen LogP contribution in [-0.2, 0) is 77.5 Å². The number of benzene rings is 1. The topological polar surface area (TPSA) is 626 Å². The summed E-state index contributed by atoms with van der Waals surface area (Å²) < 4.78 is 85.2. The lowest BCUT2D eigenvalue weighted by Gasteiger charge is -2.50. The minimum Gasteiger partial charge on any atom is -0.492 e. The Morgan fingerprint density at radius 3 is 0.892 bits per heavy atom. The number of rotatable bonds is 14. The molecule has 24 rings (SSSR count). The van der Waals surface area contributed by atoms with Gasteiger partial charge in [0, 0.05) is 13.2 Å². The summed E-state index contributed by atoms with van der Waals surface area (Å²) in [6.45, 7) is -6.06. The number of nitrogens with one attached hydrogen (secondary N) is 1. The van der Waals surface area contributed by atoms with Crippen molar-refractivity contribution in [3.05, 3.63) is 54.2 Å². The van der Waals surface area contributed by atoms with E-state index in [2.05, 4.69) is 10.3 Å². The number of hydrogen-bond acceptors (Lipinski definition) is 41. The largest absolute Gasteiger partial charge is 0.492 e. The fourth-order valence-corrected chi connectivity index (χ4v) is 13.7. The van der Waals surface area contributed by atoms with Crippen LogP contribution in [0.15, 0.2) is 48.7 Å². The van der Waals surface area contributed by atoms with Gasteiger partial charge >= 0.3 is 0 Å². The number of amides is 2. The molecule has 0 spiro atoms. The lowest BCUT2D eigenvalue weighted by atomic mass is 9.95. The van der Waals surface area contributed by atoms with E-state index in [1.165, 1.54) is 0 Å². The summed E-state index contributed by atoms with van der Waals surface area (Å²) in [6.07, 6.45) is -67.9. The number of likely N-dealkylation sites (N-methyl/N-ethyl adjacent to an activating group) is 1. The number of aliphatic hydroxyl groups excluding tert-OH is 21. The molecule has 41 nitrogen and oxygen atoms in total. The van der Waals surface area contributed by atoms with Gasteiger partial charge in [0.1, 0.15) is 189 Å². The highest BCUT2D eigenvalue weighted by molar-refractivity contribution is 8.15. The van der Waals surface area contributed by atoms with Crippen molar-refractivity contribution in [2.24, 2.45) is 0 Å². The summed E-state index contributed by atoms with van der Waals surface area (Å²) >= 11 is 1.05. The monoisotopic (exact) mass is 1490 g/mol. The van der Waals surface area contributed by atoms with Crippen LogP contribution in [0.2, 0.25) is 0 Å². The molecule has 22 aliphatic heterocycles. The quantitative estimate of drug-likeness (QED) is 0.0835. The van der Waals surface area contributed by atoms with Gasteiger partial charge in [0.2, 0.25) is 5.91 Å². The number of imide groups is 1. The van der Waals surface area contributed by atoms with Gasteiger partial charge in [-0.2, -0.15) is 0 Å². The molecule has 42 heteroatoms. The molecule has 2 aromatic rings. The molecular formula is C60H89N3O38S. The van der Waals surface area contributed by atoms with E-state index >= 15 is 0 Å². The van der Waals surface area contributed by atoms with Gasteiger partial charge in [-0.25, -0.2) is 4.98 Å². The fraction of sp³-hybridized carbons (Fsp3) is 0.783. The molecule has 1 aromatic carbocycles. The molecule has 102 heavy (non-hydrogen) atoms. The number of aromatic nitrogens is 1. The number of ether oxygens (including phenoxy) is 15. The predicted molar refractivity (Wildman–Crippen MR) is 326 cm³/mol. The zero-order valence-corrected chi connectivity index (χ0v) is 54.9. The highest BCUT2D eigenvalue weighted by atomic mass is 32.2. The maximum absolute atomic E-state index is 11.6. The van der Waals surface area contributed by atoms with Gasteiger partial charge in [0.25, 0.3) is 5.24 Å². The predicted octanol–water partition coefficient (Wildman–Crippen LogP) is -12.7. The standard InChI is InChI=1S/C42H70O35.C18H19N3O3S/c43-1-8-29-15(50)22(57)36(64-8)72-30-9(2-44)66-38(24(59)17(30)52)74-32-11(4-46)68-40(26(61)19(32)54)76-34-13(6-48)70-42(28(63)21(34)56)77-35-14(7-49)69-41(27(62)20(35)55)75-33-12(5-47)67-39(25(60)18(33)53)73-31-10(3-45)65-37(71-29)23(58)16(31)51;1-21(16-4-2-3-9-19-16)10-11-24-14-7-5-13(6-8-14)12-15-17(22)20-18(23)25-15/h8-63H,1-7H2;2-9,15H,10-12H2,1H3,(H,20,22,23)/t8-,9-,10-,11-,12-,13-,14-,15-,16-,17-,18-,19-,20-,21-,22-,23-,24-,25-,26-,27-,28-,29-,30-,31-,32-,33-,34-,35-,36-,37-,38-,39-,40-,41-,42-;/m1./s1. The van der Waals surface area contributed by atoms with Crippen molar-refractivity contribution < 1.29 is 188 Å². The van der Waals surface area contributed by atoms with Gasteiger partial charge in [-0.05, 0) is 36.2 Å². The minimum atomic E-state index is -2.21. The zero-order chi connectivity index (χ0) is 73.7. The van der Waals surface area contributed by atoms with Gasteiger partial charge in [-0.1, -0.05) is 30.0 Å². The molecule has 22 aliphatic rings. The average molecular weight is 1490 g/mol. The third kappa shape index (κ3) is 17.6. The van der Waals surface area contributed by atoms with Crippen molar-refractivity contribution in [2.75, 3.05) is 71.3 Å². The smallest absolute Gasteiger partial charge is 0.286 e. The molecular weight excluding hydrogens is 1400 g/mol. The van der Waals surface area contributed by atoms with Crippen molar-refractivity contribution >= 4 is 28.7 Å². The number of nitrogens with zero attached hydrogens (tertiary/aromatic N) is 2. The molecule has 23 heterocycles. The maximum Gasteiger partial charge on any atom is 0.286 e. The summed E-state index contributed by atoms with van der Waals surface area (Å²) in [5.41, 5.74) is 1.00.